The lowest BCUT2D eigenvalue weighted by molar-refractivity contribution is 0.298. The molecule has 0 bridgehead atoms. The van der Waals surface area contributed by atoms with Crippen molar-refractivity contribution < 1.29 is 4.74 Å². The van der Waals surface area contributed by atoms with Gasteiger partial charge in [-0.3, -0.25) is 0 Å². The van der Waals surface area contributed by atoms with Crippen molar-refractivity contribution in [2.45, 2.75) is 13.1 Å². The van der Waals surface area contributed by atoms with E-state index in [1.165, 1.54) is 5.56 Å². The van der Waals surface area contributed by atoms with Crippen LogP contribution in [0.1, 0.15) is 5.56 Å². The molecule has 0 spiro atoms. The van der Waals surface area contributed by atoms with Crippen molar-refractivity contribution in [2.24, 2.45) is 0 Å². The molecule has 1 aromatic heterocycles. The number of anilines is 1. The average molecular weight is 308 g/mol. The molecular formula is C18H20N4O. The van der Waals surface area contributed by atoms with Crippen LogP contribution in [0, 0.1) is 0 Å². The molecule has 0 fully saturated rings. The Morgan fingerprint density at radius 2 is 1.83 bits per heavy atom. The van der Waals surface area contributed by atoms with E-state index in [4.69, 9.17) is 4.74 Å². The smallest absolute Gasteiger partial charge is 0.119 e. The highest BCUT2D eigenvalue weighted by Gasteiger charge is 1.97. The number of imidazole rings is 1. The van der Waals surface area contributed by atoms with E-state index in [0.717, 1.165) is 24.5 Å². The highest BCUT2D eigenvalue weighted by atomic mass is 16.5. The zero-order valence-electron chi connectivity index (χ0n) is 12.9. The number of nitrogens with one attached hydrogen (secondary N) is 2. The zero-order valence-corrected chi connectivity index (χ0v) is 12.9. The van der Waals surface area contributed by atoms with Crippen molar-refractivity contribution >= 4 is 5.69 Å². The number of para-hydroxylation sites is 1. The van der Waals surface area contributed by atoms with E-state index in [-0.39, 0.29) is 0 Å². The third-order valence-electron chi connectivity index (χ3n) is 3.40. The summed E-state index contributed by atoms with van der Waals surface area (Å²) in [5.74, 6) is 0.880. The lowest BCUT2D eigenvalue weighted by atomic mass is 10.2. The molecule has 2 aromatic carbocycles. The van der Waals surface area contributed by atoms with Crippen molar-refractivity contribution in [2.75, 3.05) is 12.0 Å². The second-order valence-corrected chi connectivity index (χ2v) is 5.14. The number of benzene rings is 2. The quantitative estimate of drug-likeness (QED) is 0.628. The first-order valence-electron chi connectivity index (χ1n) is 7.61. The molecule has 0 saturated heterocycles. The van der Waals surface area contributed by atoms with Crippen LogP contribution in [-0.4, -0.2) is 16.2 Å². The summed E-state index contributed by atoms with van der Waals surface area (Å²) in [5.41, 5.74) is 8.60. The van der Waals surface area contributed by atoms with Crippen molar-refractivity contribution in [1.82, 2.24) is 15.0 Å². The molecular weight excluding hydrogens is 288 g/mol. The zero-order chi connectivity index (χ0) is 15.7. The van der Waals surface area contributed by atoms with E-state index in [2.05, 4.69) is 28.0 Å². The van der Waals surface area contributed by atoms with Crippen molar-refractivity contribution in [3.63, 3.8) is 0 Å². The van der Waals surface area contributed by atoms with Gasteiger partial charge in [0.25, 0.3) is 0 Å². The van der Waals surface area contributed by atoms with Crippen LogP contribution in [0.5, 0.6) is 5.75 Å². The molecule has 0 aliphatic rings. The number of hydrogen-bond acceptors (Lipinski definition) is 4. The van der Waals surface area contributed by atoms with Gasteiger partial charge < -0.3 is 14.7 Å². The van der Waals surface area contributed by atoms with E-state index in [0.29, 0.717) is 6.61 Å². The fourth-order valence-electron chi connectivity index (χ4n) is 2.16. The van der Waals surface area contributed by atoms with Gasteiger partial charge in [-0.25, -0.2) is 10.4 Å². The Morgan fingerprint density at radius 3 is 2.57 bits per heavy atom. The number of nitrogens with zero attached hydrogens (tertiary/aromatic N) is 2. The Hall–Kier alpha value is -2.79. The standard InChI is InChI=1S/C18H20N4O/c1-2-4-17(5-3-1)21-20-14-16-6-8-18(9-7-16)23-13-12-22-11-10-19-15-22/h1-11,15,20-21H,12-14H2. The molecule has 3 rings (SSSR count). The van der Waals surface area contributed by atoms with Crippen LogP contribution < -0.4 is 15.6 Å². The van der Waals surface area contributed by atoms with Crippen LogP contribution in [0.3, 0.4) is 0 Å². The molecule has 5 heteroatoms. The van der Waals surface area contributed by atoms with Crippen LogP contribution in [0.25, 0.3) is 0 Å². The molecule has 118 valence electrons. The Labute approximate surface area is 135 Å². The maximum absolute atomic E-state index is 5.72. The summed E-state index contributed by atoms with van der Waals surface area (Å²) in [6.07, 6.45) is 5.49. The van der Waals surface area contributed by atoms with Gasteiger partial charge in [0.1, 0.15) is 12.4 Å². The van der Waals surface area contributed by atoms with Crippen molar-refractivity contribution in [1.29, 1.82) is 0 Å². The number of rotatable bonds is 8. The molecule has 0 atom stereocenters. The van der Waals surface area contributed by atoms with Crippen LogP contribution >= 0.6 is 0 Å². The van der Waals surface area contributed by atoms with Gasteiger partial charge in [-0.05, 0) is 29.8 Å². The van der Waals surface area contributed by atoms with Crippen LogP contribution in [0.15, 0.2) is 73.3 Å². The van der Waals surface area contributed by atoms with Crippen LogP contribution in [-0.2, 0) is 13.1 Å². The lowest BCUT2D eigenvalue weighted by Gasteiger charge is -2.10. The van der Waals surface area contributed by atoms with Gasteiger partial charge in [0.2, 0.25) is 0 Å². The first-order valence-corrected chi connectivity index (χ1v) is 7.61. The summed E-state index contributed by atoms with van der Waals surface area (Å²) in [7, 11) is 0. The Balaban J connectivity index is 1.40. The third-order valence-corrected chi connectivity index (χ3v) is 3.40. The number of aromatic nitrogens is 2. The summed E-state index contributed by atoms with van der Waals surface area (Å²) in [6, 6.07) is 18.1. The minimum absolute atomic E-state index is 0.628. The Bertz CT molecular complexity index is 681. The minimum atomic E-state index is 0.628. The second-order valence-electron chi connectivity index (χ2n) is 5.14. The highest BCUT2D eigenvalue weighted by molar-refractivity contribution is 5.41. The summed E-state index contributed by atoms with van der Waals surface area (Å²) in [5, 5.41) is 0. The van der Waals surface area contributed by atoms with Gasteiger partial charge in [-0.15, -0.1) is 0 Å². The molecule has 0 aliphatic carbocycles. The van der Waals surface area contributed by atoms with E-state index in [9.17, 15) is 0 Å². The maximum Gasteiger partial charge on any atom is 0.119 e. The molecule has 2 N–H and O–H groups in total. The van der Waals surface area contributed by atoms with Gasteiger partial charge >= 0.3 is 0 Å². The van der Waals surface area contributed by atoms with Gasteiger partial charge in [0.05, 0.1) is 12.9 Å². The van der Waals surface area contributed by atoms with Crippen molar-refractivity contribution in [3.8, 4) is 5.75 Å². The fraction of sp³-hybridized carbons (Fsp3) is 0.167. The molecule has 0 radical (unpaired) electrons. The summed E-state index contributed by atoms with van der Waals surface area (Å²) < 4.78 is 7.72. The molecule has 5 nitrogen and oxygen atoms in total. The Kier molecular flexibility index (Phi) is 5.26. The number of hydrogen-bond donors (Lipinski definition) is 2. The van der Waals surface area contributed by atoms with Gasteiger partial charge in [0, 0.05) is 24.6 Å². The van der Waals surface area contributed by atoms with Crippen LogP contribution in [0.2, 0.25) is 0 Å². The monoisotopic (exact) mass is 308 g/mol. The summed E-state index contributed by atoms with van der Waals surface area (Å²) in [6.45, 7) is 2.16. The Morgan fingerprint density at radius 1 is 1.00 bits per heavy atom. The molecule has 3 aromatic rings. The largest absolute Gasteiger partial charge is 0.492 e. The first-order chi connectivity index (χ1) is 11.4. The summed E-state index contributed by atoms with van der Waals surface area (Å²) >= 11 is 0. The predicted molar refractivity (Wildman–Crippen MR) is 91.1 cm³/mol. The summed E-state index contributed by atoms with van der Waals surface area (Å²) in [4.78, 5) is 4.00. The SMILES string of the molecule is c1ccc(NNCc2ccc(OCCn3ccnc3)cc2)cc1. The lowest BCUT2D eigenvalue weighted by Crippen LogP contribution is -2.20. The average Bonchev–Trinajstić information content (AvgIpc) is 3.11. The predicted octanol–water partition coefficient (Wildman–Crippen LogP) is 3.08. The van der Waals surface area contributed by atoms with Gasteiger partial charge in [-0.1, -0.05) is 30.3 Å². The molecule has 0 unspecified atom stereocenters. The van der Waals surface area contributed by atoms with E-state index in [1.54, 1.807) is 12.5 Å². The van der Waals surface area contributed by atoms with Gasteiger partial charge in [0.15, 0.2) is 0 Å². The number of ether oxygens (including phenoxy) is 1. The van der Waals surface area contributed by atoms with Crippen molar-refractivity contribution in [3.05, 3.63) is 78.9 Å². The minimum Gasteiger partial charge on any atom is -0.492 e. The molecule has 0 saturated carbocycles. The highest BCUT2D eigenvalue weighted by Crippen LogP contribution is 2.12. The van der Waals surface area contributed by atoms with E-state index >= 15 is 0 Å². The van der Waals surface area contributed by atoms with Crippen LogP contribution in [0.4, 0.5) is 5.69 Å². The maximum atomic E-state index is 5.72. The van der Waals surface area contributed by atoms with Gasteiger partial charge in [-0.2, -0.15) is 0 Å². The molecule has 0 aliphatic heterocycles. The first kappa shape index (κ1) is 15.1. The molecule has 23 heavy (non-hydrogen) atoms. The number of hydrazine groups is 1. The molecule has 1 heterocycles. The normalized spacial score (nSPS) is 10.4. The topological polar surface area (TPSA) is 51.1 Å². The fourth-order valence-corrected chi connectivity index (χ4v) is 2.16. The van der Waals surface area contributed by atoms with E-state index in [1.807, 2.05) is 53.2 Å². The second kappa shape index (κ2) is 8.00. The third kappa shape index (κ3) is 4.86. The van der Waals surface area contributed by atoms with E-state index < -0.39 is 0 Å². The molecule has 0 amide bonds.